The van der Waals surface area contributed by atoms with E-state index in [0.717, 1.165) is 0 Å². The number of nitrogens with one attached hydrogen (secondary N) is 1. The lowest BCUT2D eigenvalue weighted by Gasteiger charge is -1.98. The fourth-order valence-corrected chi connectivity index (χ4v) is 0.224. The van der Waals surface area contributed by atoms with Crippen molar-refractivity contribution in [3.63, 3.8) is 0 Å². The summed E-state index contributed by atoms with van der Waals surface area (Å²) >= 11 is 0. The van der Waals surface area contributed by atoms with Crippen LogP contribution in [0.1, 0.15) is 0 Å². The fourth-order valence-electron chi connectivity index (χ4n) is 0.224. The van der Waals surface area contributed by atoms with Crippen LogP contribution in [0.4, 0.5) is 4.79 Å². The first-order valence-electron chi connectivity index (χ1n) is 2.36. The molecule has 0 aliphatic heterocycles. The van der Waals surface area contributed by atoms with E-state index < -0.39 is 6.09 Å². The average Bonchev–Trinajstić information content (AvgIpc) is 1.83. The Balaban J connectivity index is 2.99. The first-order valence-corrected chi connectivity index (χ1v) is 2.36. The number of carbonyl (C=O) groups excluding carboxylic acids is 1. The minimum Gasteiger partial charge on any atom is -0.448 e. The van der Waals surface area contributed by atoms with Crippen molar-refractivity contribution in [3.8, 4) is 0 Å². The Morgan fingerprint density at radius 3 is 2.88 bits per heavy atom. The molecule has 0 aromatic rings. The van der Waals surface area contributed by atoms with Crippen LogP contribution in [0.3, 0.4) is 0 Å². The van der Waals surface area contributed by atoms with Gasteiger partial charge < -0.3 is 15.8 Å². The van der Waals surface area contributed by atoms with Gasteiger partial charge in [-0.1, -0.05) is 0 Å². The monoisotopic (exact) mass is 118 g/mol. The van der Waals surface area contributed by atoms with Gasteiger partial charge in [0.1, 0.15) is 6.61 Å². The normalized spacial score (nSPS) is 8.25. The van der Waals surface area contributed by atoms with Gasteiger partial charge in [0.25, 0.3) is 0 Å². The molecule has 0 spiro atoms. The second kappa shape index (κ2) is 4.39. The first kappa shape index (κ1) is 7.23. The van der Waals surface area contributed by atoms with Crippen molar-refractivity contribution >= 4 is 6.09 Å². The fraction of sp³-hybridized carbons (Fsp3) is 0.750. The van der Waals surface area contributed by atoms with E-state index in [1.165, 1.54) is 7.05 Å². The summed E-state index contributed by atoms with van der Waals surface area (Å²) in [4.78, 5) is 10.2. The molecule has 0 radical (unpaired) electrons. The van der Waals surface area contributed by atoms with E-state index in [4.69, 9.17) is 5.73 Å². The molecule has 48 valence electrons. The zero-order valence-corrected chi connectivity index (χ0v) is 4.81. The molecule has 0 saturated carbocycles. The standard InChI is InChI=1S/C4H10N2O2/c1-6-4(7)8-3-2-5/h2-3,5H2,1H3,(H,6,7). The molecule has 0 fully saturated rings. The van der Waals surface area contributed by atoms with Crippen LogP contribution in [-0.4, -0.2) is 26.3 Å². The van der Waals surface area contributed by atoms with Gasteiger partial charge >= 0.3 is 6.09 Å². The predicted molar refractivity (Wildman–Crippen MR) is 29.5 cm³/mol. The van der Waals surface area contributed by atoms with Gasteiger partial charge in [-0.2, -0.15) is 0 Å². The van der Waals surface area contributed by atoms with Crippen LogP contribution in [0.5, 0.6) is 0 Å². The summed E-state index contributed by atoms with van der Waals surface area (Å²) in [6, 6.07) is 0. The Morgan fingerprint density at radius 2 is 2.50 bits per heavy atom. The molecule has 0 heterocycles. The van der Waals surface area contributed by atoms with Gasteiger partial charge in [0.2, 0.25) is 0 Å². The summed E-state index contributed by atoms with van der Waals surface area (Å²) < 4.78 is 4.47. The van der Waals surface area contributed by atoms with E-state index in [2.05, 4.69) is 10.1 Å². The van der Waals surface area contributed by atoms with Crippen molar-refractivity contribution in [1.29, 1.82) is 0 Å². The number of amides is 1. The topological polar surface area (TPSA) is 64.3 Å². The van der Waals surface area contributed by atoms with Crippen molar-refractivity contribution in [1.82, 2.24) is 5.32 Å². The number of nitrogens with two attached hydrogens (primary N) is 1. The van der Waals surface area contributed by atoms with Crippen LogP contribution in [0, 0.1) is 0 Å². The summed E-state index contributed by atoms with van der Waals surface area (Å²) in [6.45, 7) is 0.646. The highest BCUT2D eigenvalue weighted by molar-refractivity contribution is 5.66. The van der Waals surface area contributed by atoms with Crippen LogP contribution in [0.2, 0.25) is 0 Å². The smallest absolute Gasteiger partial charge is 0.406 e. The molecule has 4 nitrogen and oxygen atoms in total. The maximum atomic E-state index is 10.2. The summed E-state index contributed by atoms with van der Waals surface area (Å²) in [5.41, 5.74) is 5.03. The zero-order valence-electron chi connectivity index (χ0n) is 4.81. The molecule has 0 bridgehead atoms. The molecule has 4 heteroatoms. The van der Waals surface area contributed by atoms with Gasteiger partial charge in [0, 0.05) is 13.6 Å². The Bertz CT molecular complexity index is 74.4. The summed E-state index contributed by atoms with van der Waals surface area (Å²) in [7, 11) is 1.50. The predicted octanol–water partition coefficient (Wildman–Crippen LogP) is -0.699. The van der Waals surface area contributed by atoms with Crippen LogP contribution in [0.15, 0.2) is 0 Å². The lowest BCUT2D eigenvalue weighted by Crippen LogP contribution is -2.22. The third kappa shape index (κ3) is 3.42. The van der Waals surface area contributed by atoms with Crippen LogP contribution < -0.4 is 11.1 Å². The Hall–Kier alpha value is -0.770. The minimum atomic E-state index is -0.435. The van der Waals surface area contributed by atoms with E-state index in [-0.39, 0.29) is 6.61 Å². The van der Waals surface area contributed by atoms with E-state index in [9.17, 15) is 4.79 Å². The lowest BCUT2D eigenvalue weighted by molar-refractivity contribution is 0.152. The van der Waals surface area contributed by atoms with E-state index in [1.807, 2.05) is 0 Å². The van der Waals surface area contributed by atoms with Gasteiger partial charge in [-0.3, -0.25) is 0 Å². The van der Waals surface area contributed by atoms with Gasteiger partial charge in [0.15, 0.2) is 0 Å². The molecular formula is C4H10N2O2. The van der Waals surface area contributed by atoms with Crippen molar-refractivity contribution in [2.45, 2.75) is 0 Å². The van der Waals surface area contributed by atoms with Gasteiger partial charge in [-0.15, -0.1) is 0 Å². The van der Waals surface area contributed by atoms with Crippen LogP contribution >= 0.6 is 0 Å². The molecule has 0 atom stereocenters. The lowest BCUT2D eigenvalue weighted by atomic mass is 10.7. The molecule has 0 aromatic heterocycles. The minimum absolute atomic E-state index is 0.277. The summed E-state index contributed by atoms with van der Waals surface area (Å²) in [6.07, 6.45) is -0.435. The van der Waals surface area contributed by atoms with Crippen molar-refractivity contribution in [2.75, 3.05) is 20.2 Å². The number of rotatable bonds is 2. The number of carbonyl (C=O) groups is 1. The quantitative estimate of drug-likeness (QED) is 0.504. The summed E-state index contributed by atoms with van der Waals surface area (Å²) in [5.74, 6) is 0. The number of ether oxygens (including phenoxy) is 1. The van der Waals surface area contributed by atoms with Gasteiger partial charge in [0.05, 0.1) is 0 Å². The molecule has 1 amide bonds. The van der Waals surface area contributed by atoms with Crippen molar-refractivity contribution < 1.29 is 9.53 Å². The average molecular weight is 118 g/mol. The molecule has 0 unspecified atom stereocenters. The van der Waals surface area contributed by atoms with E-state index >= 15 is 0 Å². The maximum absolute atomic E-state index is 10.2. The number of alkyl carbamates (subject to hydrolysis) is 1. The van der Waals surface area contributed by atoms with E-state index in [1.54, 1.807) is 0 Å². The number of hydrogen-bond acceptors (Lipinski definition) is 3. The SMILES string of the molecule is CNC(=O)OCCN. The van der Waals surface area contributed by atoms with Gasteiger partial charge in [-0.05, 0) is 0 Å². The Kier molecular flexibility index (Phi) is 3.97. The largest absolute Gasteiger partial charge is 0.448 e. The molecule has 0 aliphatic rings. The number of hydrogen-bond donors (Lipinski definition) is 2. The Morgan fingerprint density at radius 1 is 1.88 bits per heavy atom. The highest BCUT2D eigenvalue weighted by atomic mass is 16.5. The summed E-state index contributed by atoms with van der Waals surface area (Å²) in [5, 5.41) is 2.28. The zero-order chi connectivity index (χ0) is 6.41. The van der Waals surface area contributed by atoms with E-state index in [0.29, 0.717) is 6.54 Å². The second-order valence-electron chi connectivity index (χ2n) is 1.17. The molecular weight excluding hydrogens is 108 g/mol. The van der Waals surface area contributed by atoms with Crippen LogP contribution in [0.25, 0.3) is 0 Å². The Labute approximate surface area is 48.0 Å². The van der Waals surface area contributed by atoms with Crippen molar-refractivity contribution in [2.24, 2.45) is 5.73 Å². The second-order valence-corrected chi connectivity index (χ2v) is 1.17. The molecule has 0 aliphatic carbocycles. The molecule has 3 N–H and O–H groups in total. The third-order valence-electron chi connectivity index (χ3n) is 0.555. The molecule has 0 aromatic carbocycles. The molecule has 0 rings (SSSR count). The highest BCUT2D eigenvalue weighted by Crippen LogP contribution is 1.70. The highest BCUT2D eigenvalue weighted by Gasteiger charge is 1.91. The van der Waals surface area contributed by atoms with Gasteiger partial charge in [-0.25, -0.2) is 4.79 Å². The molecule has 8 heavy (non-hydrogen) atoms. The maximum Gasteiger partial charge on any atom is 0.406 e. The first-order chi connectivity index (χ1) is 3.81. The third-order valence-corrected chi connectivity index (χ3v) is 0.555. The van der Waals surface area contributed by atoms with Crippen LogP contribution in [-0.2, 0) is 4.74 Å². The molecule has 0 saturated heterocycles. The van der Waals surface area contributed by atoms with Crippen molar-refractivity contribution in [3.05, 3.63) is 0 Å².